The van der Waals surface area contributed by atoms with Gasteiger partial charge < -0.3 is 25.7 Å². The zero-order valence-electron chi connectivity index (χ0n) is 13.8. The number of hydrogen-bond acceptors (Lipinski definition) is 4. The molecule has 0 saturated carbocycles. The van der Waals surface area contributed by atoms with Crippen LogP contribution in [0, 0.1) is 0 Å². The predicted octanol–water partition coefficient (Wildman–Crippen LogP) is 2.40. The van der Waals surface area contributed by atoms with E-state index in [4.69, 9.17) is 20.7 Å². The zero-order chi connectivity index (χ0) is 18.7. The summed E-state index contributed by atoms with van der Waals surface area (Å²) in [7, 11) is 0. The van der Waals surface area contributed by atoms with Crippen molar-refractivity contribution >= 4 is 22.8 Å². The first-order valence-corrected chi connectivity index (χ1v) is 7.98. The smallest absolute Gasteiger partial charge is 0.335 e. The van der Waals surface area contributed by atoms with Gasteiger partial charge >= 0.3 is 11.9 Å². The molecule has 0 saturated heterocycles. The molecular formula is C19H18N2O5. The summed E-state index contributed by atoms with van der Waals surface area (Å²) >= 11 is 0. The van der Waals surface area contributed by atoms with Crippen LogP contribution >= 0.6 is 0 Å². The molecule has 0 aliphatic rings. The van der Waals surface area contributed by atoms with Gasteiger partial charge in [-0.25, -0.2) is 4.79 Å². The molecule has 2 aromatic carbocycles. The number of nitrogens with two attached hydrogens (primary N) is 1. The third kappa shape index (κ3) is 3.68. The van der Waals surface area contributed by atoms with Crippen LogP contribution in [0.5, 0.6) is 5.88 Å². The molecule has 0 spiro atoms. The molecule has 0 radical (unpaired) electrons. The van der Waals surface area contributed by atoms with E-state index in [2.05, 4.69) is 4.98 Å². The van der Waals surface area contributed by atoms with E-state index >= 15 is 0 Å². The zero-order valence-corrected chi connectivity index (χ0v) is 13.8. The van der Waals surface area contributed by atoms with Gasteiger partial charge in [-0.15, -0.1) is 0 Å². The Morgan fingerprint density at radius 2 is 1.88 bits per heavy atom. The Hall–Kier alpha value is -3.32. The Balaban J connectivity index is 1.88. The van der Waals surface area contributed by atoms with Crippen molar-refractivity contribution in [3.05, 3.63) is 65.2 Å². The van der Waals surface area contributed by atoms with E-state index in [0.717, 1.165) is 10.9 Å². The minimum absolute atomic E-state index is 0.115. The molecular weight excluding hydrogens is 336 g/mol. The van der Waals surface area contributed by atoms with Crippen molar-refractivity contribution < 1.29 is 24.5 Å². The van der Waals surface area contributed by atoms with Gasteiger partial charge in [-0.2, -0.15) is 0 Å². The SMILES string of the molecule is N[C@H](Cc1c(OCc2cccc(C(=O)O)c2)[nH]c2ccccc12)C(=O)O. The lowest BCUT2D eigenvalue weighted by Gasteiger charge is -2.10. The number of carbonyl (C=O) groups is 2. The number of para-hydroxylation sites is 1. The summed E-state index contributed by atoms with van der Waals surface area (Å²) in [5, 5.41) is 19.0. The Bertz CT molecular complexity index is 963. The number of hydrogen-bond donors (Lipinski definition) is 4. The van der Waals surface area contributed by atoms with Gasteiger partial charge in [-0.3, -0.25) is 4.79 Å². The summed E-state index contributed by atoms with van der Waals surface area (Å²) in [6, 6.07) is 12.8. The molecule has 134 valence electrons. The number of ether oxygens (including phenoxy) is 1. The normalized spacial score (nSPS) is 12.0. The molecule has 7 heteroatoms. The molecule has 26 heavy (non-hydrogen) atoms. The van der Waals surface area contributed by atoms with Crippen molar-refractivity contribution in [1.29, 1.82) is 0 Å². The lowest BCUT2D eigenvalue weighted by molar-refractivity contribution is -0.138. The van der Waals surface area contributed by atoms with E-state index in [1.54, 1.807) is 12.1 Å². The summed E-state index contributed by atoms with van der Waals surface area (Å²) in [6.45, 7) is 0.142. The van der Waals surface area contributed by atoms with Gasteiger partial charge in [0.1, 0.15) is 12.6 Å². The topological polar surface area (TPSA) is 126 Å². The molecule has 7 nitrogen and oxygen atoms in total. The van der Waals surface area contributed by atoms with E-state index in [-0.39, 0.29) is 18.6 Å². The number of rotatable bonds is 7. The highest BCUT2D eigenvalue weighted by Crippen LogP contribution is 2.29. The third-order valence-corrected chi connectivity index (χ3v) is 4.07. The first-order valence-electron chi connectivity index (χ1n) is 7.98. The summed E-state index contributed by atoms with van der Waals surface area (Å²) < 4.78 is 5.83. The summed E-state index contributed by atoms with van der Waals surface area (Å²) in [4.78, 5) is 25.3. The summed E-state index contributed by atoms with van der Waals surface area (Å²) in [6.07, 6.45) is 0.115. The first kappa shape index (κ1) is 17.5. The summed E-state index contributed by atoms with van der Waals surface area (Å²) in [5.41, 5.74) is 8.06. The Morgan fingerprint density at radius 1 is 1.12 bits per heavy atom. The second-order valence-corrected chi connectivity index (χ2v) is 5.92. The lowest BCUT2D eigenvalue weighted by Crippen LogP contribution is -2.32. The van der Waals surface area contributed by atoms with Crippen LogP contribution in [0.1, 0.15) is 21.5 Å². The number of aliphatic carboxylic acids is 1. The Labute approximate surface area is 149 Å². The van der Waals surface area contributed by atoms with Crippen molar-refractivity contribution in [2.45, 2.75) is 19.1 Å². The minimum atomic E-state index is -1.09. The second kappa shape index (κ2) is 7.28. The molecule has 0 bridgehead atoms. The molecule has 0 aliphatic heterocycles. The van der Waals surface area contributed by atoms with Gasteiger partial charge in [0.05, 0.1) is 5.56 Å². The van der Waals surface area contributed by atoms with Crippen molar-refractivity contribution in [3.8, 4) is 5.88 Å². The minimum Gasteiger partial charge on any atom is -0.480 e. The van der Waals surface area contributed by atoms with Crippen LogP contribution in [0.3, 0.4) is 0 Å². The van der Waals surface area contributed by atoms with Gasteiger partial charge in [0.2, 0.25) is 0 Å². The van der Waals surface area contributed by atoms with Crippen LogP contribution in [-0.2, 0) is 17.8 Å². The largest absolute Gasteiger partial charge is 0.480 e. The number of carboxylic acid groups (broad SMARTS) is 2. The molecule has 0 amide bonds. The molecule has 0 aliphatic carbocycles. The first-order chi connectivity index (χ1) is 12.5. The quantitative estimate of drug-likeness (QED) is 0.516. The van der Waals surface area contributed by atoms with Gasteiger partial charge in [0.15, 0.2) is 5.88 Å². The van der Waals surface area contributed by atoms with Gasteiger partial charge in [-0.05, 0) is 23.8 Å². The number of H-pyrrole nitrogens is 1. The molecule has 0 fully saturated rings. The third-order valence-electron chi connectivity index (χ3n) is 4.07. The van der Waals surface area contributed by atoms with Crippen molar-refractivity contribution in [1.82, 2.24) is 4.98 Å². The van der Waals surface area contributed by atoms with E-state index in [1.807, 2.05) is 24.3 Å². The van der Waals surface area contributed by atoms with E-state index in [9.17, 15) is 9.59 Å². The monoisotopic (exact) mass is 354 g/mol. The number of carboxylic acids is 2. The number of benzene rings is 2. The Kier molecular flexibility index (Phi) is 4.90. The van der Waals surface area contributed by atoms with Gasteiger partial charge in [0, 0.05) is 22.9 Å². The van der Waals surface area contributed by atoms with Crippen LogP contribution in [0.15, 0.2) is 48.5 Å². The van der Waals surface area contributed by atoms with E-state index < -0.39 is 18.0 Å². The van der Waals surface area contributed by atoms with Gasteiger partial charge in [0.25, 0.3) is 0 Å². The number of aromatic nitrogens is 1. The average molecular weight is 354 g/mol. The average Bonchev–Trinajstić information content (AvgIpc) is 2.97. The Morgan fingerprint density at radius 3 is 2.62 bits per heavy atom. The van der Waals surface area contributed by atoms with Crippen molar-refractivity contribution in [3.63, 3.8) is 0 Å². The maximum absolute atomic E-state index is 11.1. The maximum Gasteiger partial charge on any atom is 0.335 e. The molecule has 1 atom stereocenters. The second-order valence-electron chi connectivity index (χ2n) is 5.92. The van der Waals surface area contributed by atoms with E-state index in [1.165, 1.54) is 12.1 Å². The fraction of sp³-hybridized carbons (Fsp3) is 0.158. The lowest BCUT2D eigenvalue weighted by atomic mass is 10.1. The number of aromatic carboxylic acids is 1. The van der Waals surface area contributed by atoms with Gasteiger partial charge in [-0.1, -0.05) is 30.3 Å². The number of fused-ring (bicyclic) bond motifs is 1. The fourth-order valence-corrected chi connectivity index (χ4v) is 2.76. The highest BCUT2D eigenvalue weighted by Gasteiger charge is 2.19. The fourth-order valence-electron chi connectivity index (χ4n) is 2.76. The van der Waals surface area contributed by atoms with Crippen LogP contribution < -0.4 is 10.5 Å². The van der Waals surface area contributed by atoms with Crippen LogP contribution in [0.25, 0.3) is 10.9 Å². The molecule has 3 aromatic rings. The highest BCUT2D eigenvalue weighted by molar-refractivity contribution is 5.88. The number of aromatic amines is 1. The predicted molar refractivity (Wildman–Crippen MR) is 95.3 cm³/mol. The molecule has 3 rings (SSSR count). The summed E-state index contributed by atoms with van der Waals surface area (Å²) in [5.74, 6) is -1.66. The standard InChI is InChI=1S/C19H18N2O5/c20-15(19(24)25)9-14-13-6-1-2-7-16(13)21-17(14)26-10-11-4-3-5-12(8-11)18(22)23/h1-8,15,21H,9-10,20H2,(H,22,23)(H,24,25)/t15-/m1/s1. The molecule has 5 N–H and O–H groups in total. The highest BCUT2D eigenvalue weighted by atomic mass is 16.5. The molecule has 1 heterocycles. The van der Waals surface area contributed by atoms with Crippen molar-refractivity contribution in [2.75, 3.05) is 0 Å². The van der Waals surface area contributed by atoms with E-state index in [0.29, 0.717) is 17.0 Å². The number of nitrogens with one attached hydrogen (secondary N) is 1. The molecule has 0 unspecified atom stereocenters. The van der Waals surface area contributed by atoms with Crippen LogP contribution in [-0.4, -0.2) is 33.2 Å². The van der Waals surface area contributed by atoms with Crippen molar-refractivity contribution in [2.24, 2.45) is 5.73 Å². The molecule has 1 aromatic heterocycles. The van der Waals surface area contributed by atoms with Crippen LogP contribution in [0.2, 0.25) is 0 Å². The maximum atomic E-state index is 11.1. The van der Waals surface area contributed by atoms with Crippen LogP contribution in [0.4, 0.5) is 0 Å².